The Kier molecular flexibility index (Phi) is 5.77. The van der Waals surface area contributed by atoms with E-state index in [0.717, 1.165) is 19.3 Å². The maximum absolute atomic E-state index is 11.5. The number of nitrogens with two attached hydrogens (primary N) is 1. The van der Waals surface area contributed by atoms with Crippen LogP contribution in [0.2, 0.25) is 0 Å². The van der Waals surface area contributed by atoms with Crippen LogP contribution >= 0.6 is 0 Å². The molecule has 0 aromatic rings. The molecule has 0 bridgehead atoms. The lowest BCUT2D eigenvalue weighted by atomic mass is 10.0. The first-order valence-electron chi connectivity index (χ1n) is 5.29. The summed E-state index contributed by atoms with van der Waals surface area (Å²) in [6.07, 6.45) is 2.84. The van der Waals surface area contributed by atoms with Crippen LogP contribution < -0.4 is 5.73 Å². The average molecular weight is 201 g/mol. The maximum atomic E-state index is 11.5. The van der Waals surface area contributed by atoms with E-state index in [1.165, 1.54) is 0 Å². The highest BCUT2D eigenvalue weighted by atomic mass is 16.6. The van der Waals surface area contributed by atoms with E-state index in [4.69, 9.17) is 10.5 Å². The number of esters is 1. The summed E-state index contributed by atoms with van der Waals surface area (Å²) in [6, 6.07) is 0. The van der Waals surface area contributed by atoms with Crippen molar-refractivity contribution in [2.45, 2.75) is 52.6 Å². The molecule has 3 nitrogen and oxygen atoms in total. The van der Waals surface area contributed by atoms with Gasteiger partial charge in [-0.05, 0) is 40.2 Å². The van der Waals surface area contributed by atoms with E-state index >= 15 is 0 Å². The van der Waals surface area contributed by atoms with Crippen molar-refractivity contribution in [1.82, 2.24) is 0 Å². The predicted octanol–water partition coefficient (Wildman–Crippen LogP) is 2.09. The molecule has 1 atom stereocenters. The van der Waals surface area contributed by atoms with Gasteiger partial charge in [0.05, 0.1) is 5.92 Å². The summed E-state index contributed by atoms with van der Waals surface area (Å²) in [7, 11) is 0. The molecule has 0 aliphatic carbocycles. The first-order chi connectivity index (χ1) is 6.37. The predicted molar refractivity (Wildman–Crippen MR) is 57.9 cm³/mol. The number of ether oxygens (including phenoxy) is 1. The third kappa shape index (κ3) is 6.89. The zero-order chi connectivity index (χ0) is 11.2. The monoisotopic (exact) mass is 201 g/mol. The third-order valence-corrected chi connectivity index (χ3v) is 1.90. The molecule has 0 aliphatic rings. The number of carbonyl (C=O) groups excluding carboxylic acids is 1. The minimum absolute atomic E-state index is 0.0132. The summed E-state index contributed by atoms with van der Waals surface area (Å²) in [6.45, 7) is 8.26. The Morgan fingerprint density at radius 3 is 2.36 bits per heavy atom. The molecule has 2 N–H and O–H groups in total. The SMILES string of the molecule is C[C@@H](CCCCN)C(=O)OC(C)(C)C. The van der Waals surface area contributed by atoms with Crippen LogP contribution in [0.15, 0.2) is 0 Å². The Morgan fingerprint density at radius 1 is 1.36 bits per heavy atom. The summed E-state index contributed by atoms with van der Waals surface area (Å²) >= 11 is 0. The van der Waals surface area contributed by atoms with E-state index in [0.29, 0.717) is 6.54 Å². The highest BCUT2D eigenvalue weighted by molar-refractivity contribution is 5.72. The van der Waals surface area contributed by atoms with Crippen molar-refractivity contribution in [2.75, 3.05) is 6.54 Å². The summed E-state index contributed by atoms with van der Waals surface area (Å²) in [4.78, 5) is 11.5. The van der Waals surface area contributed by atoms with Crippen LogP contribution in [-0.2, 0) is 9.53 Å². The smallest absolute Gasteiger partial charge is 0.309 e. The van der Waals surface area contributed by atoms with Gasteiger partial charge in [0.2, 0.25) is 0 Å². The van der Waals surface area contributed by atoms with Crippen molar-refractivity contribution in [1.29, 1.82) is 0 Å². The van der Waals surface area contributed by atoms with Crippen LogP contribution in [-0.4, -0.2) is 18.1 Å². The zero-order valence-corrected chi connectivity index (χ0v) is 9.80. The van der Waals surface area contributed by atoms with Gasteiger partial charge in [-0.3, -0.25) is 4.79 Å². The van der Waals surface area contributed by atoms with Crippen LogP contribution in [0.4, 0.5) is 0 Å². The lowest BCUT2D eigenvalue weighted by molar-refractivity contribution is -0.159. The first kappa shape index (κ1) is 13.4. The topological polar surface area (TPSA) is 52.3 Å². The van der Waals surface area contributed by atoms with Gasteiger partial charge in [0.1, 0.15) is 5.60 Å². The first-order valence-corrected chi connectivity index (χ1v) is 5.29. The van der Waals surface area contributed by atoms with E-state index in [2.05, 4.69) is 0 Å². The number of hydrogen-bond donors (Lipinski definition) is 1. The summed E-state index contributed by atoms with van der Waals surface area (Å²) < 4.78 is 5.26. The molecule has 0 aromatic heterocycles. The van der Waals surface area contributed by atoms with E-state index in [-0.39, 0.29) is 17.5 Å². The third-order valence-electron chi connectivity index (χ3n) is 1.90. The number of carbonyl (C=O) groups is 1. The molecular formula is C11H23NO2. The zero-order valence-electron chi connectivity index (χ0n) is 9.80. The number of hydrogen-bond acceptors (Lipinski definition) is 3. The molecule has 0 spiro atoms. The fraction of sp³-hybridized carbons (Fsp3) is 0.909. The molecule has 0 aromatic carbocycles. The quantitative estimate of drug-likeness (QED) is 0.547. The molecule has 0 heterocycles. The minimum Gasteiger partial charge on any atom is -0.460 e. The van der Waals surface area contributed by atoms with E-state index in [1.807, 2.05) is 27.7 Å². The molecule has 0 radical (unpaired) electrons. The molecule has 0 aliphatic heterocycles. The summed E-state index contributed by atoms with van der Waals surface area (Å²) in [5.41, 5.74) is 5.00. The number of unbranched alkanes of at least 4 members (excludes halogenated alkanes) is 1. The van der Waals surface area contributed by atoms with Gasteiger partial charge in [0.25, 0.3) is 0 Å². The van der Waals surface area contributed by atoms with Crippen LogP contribution in [0.3, 0.4) is 0 Å². The van der Waals surface area contributed by atoms with Gasteiger partial charge in [-0.2, -0.15) is 0 Å². The van der Waals surface area contributed by atoms with Gasteiger partial charge < -0.3 is 10.5 Å². The van der Waals surface area contributed by atoms with Gasteiger partial charge in [-0.15, -0.1) is 0 Å². The Balaban J connectivity index is 3.77. The molecule has 0 amide bonds. The van der Waals surface area contributed by atoms with Crippen molar-refractivity contribution in [3.05, 3.63) is 0 Å². The molecule has 14 heavy (non-hydrogen) atoms. The van der Waals surface area contributed by atoms with Crippen molar-refractivity contribution < 1.29 is 9.53 Å². The fourth-order valence-corrected chi connectivity index (χ4v) is 1.12. The van der Waals surface area contributed by atoms with Gasteiger partial charge >= 0.3 is 5.97 Å². The standard InChI is InChI=1S/C11H23NO2/c1-9(7-5-6-8-12)10(13)14-11(2,3)4/h9H,5-8,12H2,1-4H3/t9-/m0/s1. The molecular weight excluding hydrogens is 178 g/mol. The summed E-state index contributed by atoms with van der Waals surface area (Å²) in [5, 5.41) is 0. The minimum atomic E-state index is -0.376. The Labute approximate surface area is 87.0 Å². The lowest BCUT2D eigenvalue weighted by Crippen LogP contribution is -2.27. The van der Waals surface area contributed by atoms with Crippen LogP contribution in [0.25, 0.3) is 0 Å². The van der Waals surface area contributed by atoms with E-state index in [1.54, 1.807) is 0 Å². The van der Waals surface area contributed by atoms with Gasteiger partial charge in [0, 0.05) is 0 Å². The number of rotatable bonds is 5. The van der Waals surface area contributed by atoms with Crippen LogP contribution in [0.5, 0.6) is 0 Å². The molecule has 84 valence electrons. The Bertz CT molecular complexity index is 173. The van der Waals surface area contributed by atoms with Crippen molar-refractivity contribution in [3.63, 3.8) is 0 Å². The maximum Gasteiger partial charge on any atom is 0.309 e. The van der Waals surface area contributed by atoms with E-state index < -0.39 is 0 Å². The van der Waals surface area contributed by atoms with Crippen molar-refractivity contribution in [3.8, 4) is 0 Å². The molecule has 3 heteroatoms. The molecule has 0 saturated carbocycles. The van der Waals surface area contributed by atoms with Gasteiger partial charge in [-0.25, -0.2) is 0 Å². The van der Waals surface area contributed by atoms with Gasteiger partial charge in [-0.1, -0.05) is 13.3 Å². The average Bonchev–Trinajstić information content (AvgIpc) is 2.01. The molecule has 0 rings (SSSR count). The molecule has 0 saturated heterocycles. The van der Waals surface area contributed by atoms with Crippen LogP contribution in [0.1, 0.15) is 47.0 Å². The van der Waals surface area contributed by atoms with Gasteiger partial charge in [0.15, 0.2) is 0 Å². The summed E-state index contributed by atoms with van der Waals surface area (Å²) in [5.74, 6) is -0.115. The van der Waals surface area contributed by atoms with Crippen LogP contribution in [0, 0.1) is 5.92 Å². The van der Waals surface area contributed by atoms with E-state index in [9.17, 15) is 4.79 Å². The molecule has 0 unspecified atom stereocenters. The Morgan fingerprint density at radius 2 is 1.93 bits per heavy atom. The largest absolute Gasteiger partial charge is 0.460 e. The van der Waals surface area contributed by atoms with Crippen molar-refractivity contribution >= 4 is 5.97 Å². The molecule has 0 fully saturated rings. The highest BCUT2D eigenvalue weighted by Crippen LogP contribution is 2.15. The second-order valence-electron chi connectivity index (χ2n) is 4.72. The Hall–Kier alpha value is -0.570. The second kappa shape index (κ2) is 6.02. The second-order valence-corrected chi connectivity index (χ2v) is 4.72. The normalized spacial score (nSPS) is 13.8. The van der Waals surface area contributed by atoms with Crippen molar-refractivity contribution in [2.24, 2.45) is 11.7 Å². The fourth-order valence-electron chi connectivity index (χ4n) is 1.12. The highest BCUT2D eigenvalue weighted by Gasteiger charge is 2.20. The lowest BCUT2D eigenvalue weighted by Gasteiger charge is -2.22.